The first-order valence-corrected chi connectivity index (χ1v) is 6.44. The number of rotatable bonds is 4. The van der Waals surface area contributed by atoms with Crippen molar-refractivity contribution < 1.29 is 8.76 Å². The Balaban J connectivity index is 2.09. The highest BCUT2D eigenvalue weighted by Crippen LogP contribution is 2.46. The molecule has 1 heterocycles. The minimum Gasteiger partial charge on any atom is -0.760 e. The fourth-order valence-corrected chi connectivity index (χ4v) is 2.19. The Morgan fingerprint density at radius 1 is 1.60 bits per heavy atom. The summed E-state index contributed by atoms with van der Waals surface area (Å²) in [5.41, 5.74) is 0.893. The summed E-state index contributed by atoms with van der Waals surface area (Å²) in [5.74, 6) is 0. The summed E-state index contributed by atoms with van der Waals surface area (Å²) in [5, 5.41) is 0. The van der Waals surface area contributed by atoms with Gasteiger partial charge in [0, 0.05) is 39.6 Å². The van der Waals surface area contributed by atoms with Crippen molar-refractivity contribution in [3.05, 3.63) is 28.5 Å². The second-order valence-electron chi connectivity index (χ2n) is 3.70. The summed E-state index contributed by atoms with van der Waals surface area (Å²) in [6.45, 7) is 0.442. The first-order chi connectivity index (χ1) is 7.12. The van der Waals surface area contributed by atoms with Crippen LogP contribution in [0.3, 0.4) is 0 Å². The van der Waals surface area contributed by atoms with Crippen LogP contribution in [-0.4, -0.2) is 20.3 Å². The van der Waals surface area contributed by atoms with Crippen molar-refractivity contribution >= 4 is 27.2 Å². The van der Waals surface area contributed by atoms with E-state index in [9.17, 15) is 8.76 Å². The Morgan fingerprint density at radius 2 is 2.33 bits per heavy atom. The van der Waals surface area contributed by atoms with Crippen LogP contribution in [0.5, 0.6) is 0 Å². The summed E-state index contributed by atoms with van der Waals surface area (Å²) in [6.07, 6.45) is 3.72. The molecule has 0 amide bonds. The molecule has 1 fully saturated rings. The molecule has 0 spiro atoms. The lowest BCUT2D eigenvalue weighted by molar-refractivity contribution is 0.513. The van der Waals surface area contributed by atoms with E-state index < -0.39 is 11.3 Å². The molecule has 2 rings (SSSR count). The minimum atomic E-state index is -2.19. The zero-order valence-electron chi connectivity index (χ0n) is 7.90. The van der Waals surface area contributed by atoms with Gasteiger partial charge in [-0.25, -0.2) is 4.72 Å². The van der Waals surface area contributed by atoms with Crippen LogP contribution in [0, 0.1) is 0 Å². The molecule has 4 nitrogen and oxygen atoms in total. The Bertz CT molecular complexity index is 378. The molecule has 0 aliphatic heterocycles. The standard InChI is InChI=1S/C9H11BrN2O2S/c10-7-1-2-8(11-5-7)9(3-4-9)6-12-15(13)14/h1-2,5,12H,3-4,6H2,(H,13,14)/p-1. The summed E-state index contributed by atoms with van der Waals surface area (Å²) in [7, 11) is 0. The molecular formula is C9H10BrN2O2S-. The molecule has 1 aromatic rings. The average molecular weight is 290 g/mol. The lowest BCUT2D eigenvalue weighted by Crippen LogP contribution is -2.28. The SMILES string of the molecule is O=S([O-])NCC1(c2ccc(Br)cn2)CC1. The van der Waals surface area contributed by atoms with Crippen LogP contribution in [0.2, 0.25) is 0 Å². The Labute approximate surface area is 99.0 Å². The van der Waals surface area contributed by atoms with Crippen LogP contribution in [0.25, 0.3) is 0 Å². The predicted octanol–water partition coefficient (Wildman–Crippen LogP) is 1.26. The van der Waals surface area contributed by atoms with E-state index in [0.717, 1.165) is 23.0 Å². The maximum absolute atomic E-state index is 10.4. The monoisotopic (exact) mass is 289 g/mol. The van der Waals surface area contributed by atoms with E-state index in [-0.39, 0.29) is 5.41 Å². The quantitative estimate of drug-likeness (QED) is 0.849. The van der Waals surface area contributed by atoms with E-state index in [1.165, 1.54) is 0 Å². The van der Waals surface area contributed by atoms with Gasteiger partial charge in [-0.2, -0.15) is 0 Å². The van der Waals surface area contributed by atoms with Crippen molar-refractivity contribution in [3.63, 3.8) is 0 Å². The first-order valence-electron chi connectivity index (χ1n) is 4.57. The molecule has 0 saturated heterocycles. The van der Waals surface area contributed by atoms with Gasteiger partial charge in [0.15, 0.2) is 0 Å². The molecule has 1 aliphatic carbocycles. The number of nitrogens with one attached hydrogen (secondary N) is 1. The lowest BCUT2D eigenvalue weighted by atomic mass is 10.0. The van der Waals surface area contributed by atoms with Gasteiger partial charge in [0.2, 0.25) is 0 Å². The summed E-state index contributed by atoms with van der Waals surface area (Å²) in [4.78, 5) is 4.30. The van der Waals surface area contributed by atoms with Crippen molar-refractivity contribution in [1.82, 2.24) is 9.71 Å². The zero-order chi connectivity index (χ0) is 10.9. The molecule has 82 valence electrons. The Hall–Kier alpha value is -0.300. The van der Waals surface area contributed by atoms with Crippen molar-refractivity contribution in [2.24, 2.45) is 0 Å². The highest BCUT2D eigenvalue weighted by molar-refractivity contribution is 9.10. The van der Waals surface area contributed by atoms with Gasteiger partial charge in [-0.15, -0.1) is 0 Å². The number of aromatic nitrogens is 1. The molecular weight excluding hydrogens is 280 g/mol. The largest absolute Gasteiger partial charge is 0.760 e. The fourth-order valence-electron chi connectivity index (χ4n) is 1.56. The maximum atomic E-state index is 10.4. The number of halogens is 1. The van der Waals surface area contributed by atoms with Gasteiger partial charge >= 0.3 is 0 Å². The zero-order valence-corrected chi connectivity index (χ0v) is 10.3. The van der Waals surface area contributed by atoms with Gasteiger partial charge in [0.1, 0.15) is 0 Å². The first kappa shape index (κ1) is 11.2. The third kappa shape index (κ3) is 2.63. The number of hydrogen-bond donors (Lipinski definition) is 1. The molecule has 0 radical (unpaired) electrons. The van der Waals surface area contributed by atoms with Crippen molar-refractivity contribution in [2.45, 2.75) is 18.3 Å². The molecule has 1 N–H and O–H groups in total. The van der Waals surface area contributed by atoms with Crippen LogP contribution in [0.1, 0.15) is 18.5 Å². The van der Waals surface area contributed by atoms with Crippen LogP contribution < -0.4 is 4.72 Å². The van der Waals surface area contributed by atoms with Crippen LogP contribution >= 0.6 is 15.9 Å². The van der Waals surface area contributed by atoms with Crippen LogP contribution in [-0.2, 0) is 16.7 Å². The molecule has 1 unspecified atom stereocenters. The molecule has 0 bridgehead atoms. The third-order valence-corrected chi connectivity index (χ3v) is 3.50. The van der Waals surface area contributed by atoms with Gasteiger partial charge in [-0.1, -0.05) is 0 Å². The minimum absolute atomic E-state index is 0.0687. The lowest BCUT2D eigenvalue weighted by Gasteiger charge is -2.16. The molecule has 1 saturated carbocycles. The van der Waals surface area contributed by atoms with E-state index in [0.29, 0.717) is 6.54 Å². The normalized spacial score (nSPS) is 19.9. The van der Waals surface area contributed by atoms with Crippen LogP contribution in [0.4, 0.5) is 0 Å². The van der Waals surface area contributed by atoms with Gasteiger partial charge in [-0.05, 0) is 40.9 Å². The average Bonchev–Trinajstić information content (AvgIpc) is 2.97. The maximum Gasteiger partial charge on any atom is 0.0479 e. The van der Waals surface area contributed by atoms with Gasteiger partial charge in [-0.3, -0.25) is 9.19 Å². The number of pyridine rings is 1. The third-order valence-electron chi connectivity index (χ3n) is 2.65. The Kier molecular flexibility index (Phi) is 3.20. The van der Waals surface area contributed by atoms with E-state index >= 15 is 0 Å². The second-order valence-corrected chi connectivity index (χ2v) is 5.37. The van der Waals surface area contributed by atoms with Gasteiger partial charge in [0.05, 0.1) is 0 Å². The van der Waals surface area contributed by atoms with E-state index in [1.807, 2.05) is 12.1 Å². The van der Waals surface area contributed by atoms with Crippen molar-refractivity contribution in [3.8, 4) is 0 Å². The highest BCUT2D eigenvalue weighted by Gasteiger charge is 2.45. The molecule has 6 heteroatoms. The molecule has 0 aromatic carbocycles. The topological polar surface area (TPSA) is 65.0 Å². The Morgan fingerprint density at radius 3 is 2.80 bits per heavy atom. The molecule has 1 atom stereocenters. The van der Waals surface area contributed by atoms with Crippen LogP contribution in [0.15, 0.2) is 22.8 Å². The fraction of sp³-hybridized carbons (Fsp3) is 0.444. The van der Waals surface area contributed by atoms with Gasteiger partial charge in [0.25, 0.3) is 0 Å². The highest BCUT2D eigenvalue weighted by atomic mass is 79.9. The molecule has 1 aliphatic rings. The number of hydrogen-bond acceptors (Lipinski definition) is 3. The smallest absolute Gasteiger partial charge is 0.0479 e. The predicted molar refractivity (Wildman–Crippen MR) is 59.8 cm³/mol. The summed E-state index contributed by atoms with van der Waals surface area (Å²) >= 11 is 1.13. The van der Waals surface area contributed by atoms with E-state index in [2.05, 4.69) is 25.6 Å². The number of nitrogens with zero attached hydrogens (tertiary/aromatic N) is 1. The summed E-state index contributed by atoms with van der Waals surface area (Å²) in [6, 6.07) is 3.86. The molecule has 15 heavy (non-hydrogen) atoms. The summed E-state index contributed by atoms with van der Waals surface area (Å²) < 4.78 is 24.2. The van der Waals surface area contributed by atoms with E-state index in [4.69, 9.17) is 0 Å². The van der Waals surface area contributed by atoms with Crippen molar-refractivity contribution in [1.29, 1.82) is 0 Å². The van der Waals surface area contributed by atoms with E-state index in [1.54, 1.807) is 6.20 Å². The van der Waals surface area contributed by atoms with Crippen molar-refractivity contribution in [2.75, 3.05) is 6.54 Å². The molecule has 1 aromatic heterocycles. The second kappa shape index (κ2) is 4.29. The van der Waals surface area contributed by atoms with Gasteiger partial charge < -0.3 is 4.55 Å².